The summed E-state index contributed by atoms with van der Waals surface area (Å²) in [6.07, 6.45) is 2.72. The number of esters is 1. The van der Waals surface area contributed by atoms with Crippen LogP contribution in [-0.4, -0.2) is 67.3 Å². The molecule has 8 heteroatoms. The number of aliphatic hydroxyl groups excluding tert-OH is 1. The van der Waals surface area contributed by atoms with Gasteiger partial charge in [-0.2, -0.15) is 0 Å². The Bertz CT molecular complexity index is 624. The van der Waals surface area contributed by atoms with Gasteiger partial charge in [-0.05, 0) is 17.7 Å². The maximum absolute atomic E-state index is 11.4. The number of anilines is 1. The second-order valence-electron chi connectivity index (χ2n) is 5.41. The van der Waals surface area contributed by atoms with Crippen LogP contribution in [0.4, 0.5) is 11.4 Å². The molecule has 0 atom stereocenters. The Labute approximate surface area is 140 Å². The topological polar surface area (TPSA) is 96.2 Å². The Morgan fingerprint density at radius 2 is 2.08 bits per heavy atom. The number of nitro groups is 1. The maximum atomic E-state index is 11.4. The first-order valence-corrected chi connectivity index (χ1v) is 7.67. The van der Waals surface area contributed by atoms with Crippen LogP contribution in [0.25, 0.3) is 6.08 Å². The van der Waals surface area contributed by atoms with E-state index >= 15 is 0 Å². The van der Waals surface area contributed by atoms with E-state index in [1.807, 2.05) is 4.90 Å². The number of carbonyl (C=O) groups excluding carboxylic acids is 1. The number of hydrogen-bond acceptors (Lipinski definition) is 7. The Morgan fingerprint density at radius 3 is 2.67 bits per heavy atom. The smallest absolute Gasteiger partial charge is 0.330 e. The number of ether oxygens (including phenoxy) is 1. The second-order valence-corrected chi connectivity index (χ2v) is 5.41. The van der Waals surface area contributed by atoms with Gasteiger partial charge in [-0.3, -0.25) is 15.0 Å². The number of benzene rings is 1. The first-order chi connectivity index (χ1) is 11.5. The molecule has 130 valence electrons. The van der Waals surface area contributed by atoms with Gasteiger partial charge in [0, 0.05) is 44.9 Å². The summed E-state index contributed by atoms with van der Waals surface area (Å²) >= 11 is 0. The van der Waals surface area contributed by atoms with Crippen molar-refractivity contribution in [3.8, 4) is 0 Å². The zero-order valence-electron chi connectivity index (χ0n) is 13.6. The number of nitro benzene ring substituents is 1. The van der Waals surface area contributed by atoms with E-state index in [-0.39, 0.29) is 12.3 Å². The zero-order valence-corrected chi connectivity index (χ0v) is 13.6. The van der Waals surface area contributed by atoms with Gasteiger partial charge in [0.1, 0.15) is 5.69 Å². The second kappa shape index (κ2) is 8.42. The lowest BCUT2D eigenvalue weighted by molar-refractivity contribution is -0.384. The number of piperazine rings is 1. The fourth-order valence-corrected chi connectivity index (χ4v) is 2.64. The summed E-state index contributed by atoms with van der Waals surface area (Å²) in [6, 6.07) is 4.90. The van der Waals surface area contributed by atoms with Gasteiger partial charge in [-0.25, -0.2) is 4.79 Å². The monoisotopic (exact) mass is 335 g/mol. The third kappa shape index (κ3) is 4.53. The van der Waals surface area contributed by atoms with Crippen LogP contribution in [0.15, 0.2) is 24.3 Å². The van der Waals surface area contributed by atoms with Crippen molar-refractivity contribution in [1.29, 1.82) is 0 Å². The molecule has 0 unspecified atom stereocenters. The summed E-state index contributed by atoms with van der Waals surface area (Å²) in [5.74, 6) is -0.512. The van der Waals surface area contributed by atoms with Crippen molar-refractivity contribution in [1.82, 2.24) is 4.90 Å². The van der Waals surface area contributed by atoms with Gasteiger partial charge in [0.25, 0.3) is 5.69 Å². The molecule has 0 spiro atoms. The standard InChI is InChI=1S/C16H21N3O5/c1-24-16(21)5-3-13-2-4-14(15(12-13)19(22)23)18-8-6-17(7-9-18)10-11-20/h2-5,12,20H,6-11H2,1H3/b5-3+. The Morgan fingerprint density at radius 1 is 1.38 bits per heavy atom. The van der Waals surface area contributed by atoms with Crippen molar-refractivity contribution in [2.24, 2.45) is 0 Å². The minimum atomic E-state index is -0.512. The van der Waals surface area contributed by atoms with Crippen LogP contribution in [0, 0.1) is 10.1 Å². The third-order valence-electron chi connectivity index (χ3n) is 3.94. The van der Waals surface area contributed by atoms with Gasteiger partial charge in [0.05, 0.1) is 18.6 Å². The Balaban J connectivity index is 2.17. The normalized spacial score (nSPS) is 15.7. The predicted octanol–water partition coefficient (Wildman–Crippen LogP) is 0.895. The van der Waals surface area contributed by atoms with E-state index in [1.165, 1.54) is 25.3 Å². The molecule has 0 aromatic heterocycles. The van der Waals surface area contributed by atoms with Crippen LogP contribution in [0.5, 0.6) is 0 Å². The number of nitrogens with zero attached hydrogens (tertiary/aromatic N) is 3. The predicted molar refractivity (Wildman–Crippen MR) is 89.9 cm³/mol. The highest BCUT2D eigenvalue weighted by Crippen LogP contribution is 2.30. The van der Waals surface area contributed by atoms with Gasteiger partial charge in [-0.1, -0.05) is 6.07 Å². The Hall–Kier alpha value is -2.45. The van der Waals surface area contributed by atoms with E-state index in [0.29, 0.717) is 30.9 Å². The molecule has 1 heterocycles. The van der Waals surface area contributed by atoms with E-state index in [0.717, 1.165) is 13.1 Å². The molecule has 24 heavy (non-hydrogen) atoms. The van der Waals surface area contributed by atoms with Crippen molar-refractivity contribution >= 4 is 23.4 Å². The van der Waals surface area contributed by atoms with Gasteiger partial charge < -0.3 is 14.7 Å². The Kier molecular flexibility index (Phi) is 6.28. The molecular formula is C16H21N3O5. The summed E-state index contributed by atoms with van der Waals surface area (Å²) in [5, 5.41) is 20.4. The number of aliphatic hydroxyl groups is 1. The zero-order chi connectivity index (χ0) is 17.5. The number of methoxy groups -OCH3 is 1. The molecule has 0 saturated carbocycles. The van der Waals surface area contributed by atoms with Gasteiger partial charge in [0.2, 0.25) is 0 Å². The number of β-amino-alcohol motifs (C(OH)–C–C–N with tert-alkyl or cyclic N) is 1. The lowest BCUT2D eigenvalue weighted by Gasteiger charge is -2.35. The van der Waals surface area contributed by atoms with Crippen molar-refractivity contribution in [2.45, 2.75) is 0 Å². The summed E-state index contributed by atoms with van der Waals surface area (Å²) < 4.78 is 4.51. The third-order valence-corrected chi connectivity index (χ3v) is 3.94. The molecule has 0 aliphatic carbocycles. The largest absolute Gasteiger partial charge is 0.466 e. The maximum Gasteiger partial charge on any atom is 0.330 e. The molecule has 0 radical (unpaired) electrons. The number of hydrogen-bond donors (Lipinski definition) is 1. The minimum absolute atomic E-state index is 0.0117. The first kappa shape index (κ1) is 17.9. The highest BCUT2D eigenvalue weighted by Gasteiger charge is 2.23. The highest BCUT2D eigenvalue weighted by atomic mass is 16.6. The molecular weight excluding hydrogens is 314 g/mol. The highest BCUT2D eigenvalue weighted by molar-refractivity contribution is 5.87. The van der Waals surface area contributed by atoms with Gasteiger partial charge in [-0.15, -0.1) is 0 Å². The summed E-state index contributed by atoms with van der Waals surface area (Å²) in [5.41, 5.74) is 1.14. The molecule has 1 N–H and O–H groups in total. The van der Waals surface area contributed by atoms with Crippen molar-refractivity contribution < 1.29 is 19.6 Å². The average molecular weight is 335 g/mol. The van der Waals surface area contributed by atoms with Crippen LogP contribution in [-0.2, 0) is 9.53 Å². The van der Waals surface area contributed by atoms with E-state index in [4.69, 9.17) is 5.11 Å². The van der Waals surface area contributed by atoms with Crippen molar-refractivity contribution in [2.75, 3.05) is 51.3 Å². The van der Waals surface area contributed by atoms with E-state index in [9.17, 15) is 14.9 Å². The quantitative estimate of drug-likeness (QED) is 0.357. The molecule has 1 aliphatic heterocycles. The van der Waals surface area contributed by atoms with Crippen LogP contribution >= 0.6 is 0 Å². The molecule has 2 rings (SSSR count). The minimum Gasteiger partial charge on any atom is -0.466 e. The van der Waals surface area contributed by atoms with Crippen LogP contribution in [0.2, 0.25) is 0 Å². The lowest BCUT2D eigenvalue weighted by atomic mass is 10.1. The molecule has 0 bridgehead atoms. The van der Waals surface area contributed by atoms with Crippen LogP contribution in [0.1, 0.15) is 5.56 Å². The molecule has 1 fully saturated rings. The summed E-state index contributed by atoms with van der Waals surface area (Å²) in [7, 11) is 1.27. The van der Waals surface area contributed by atoms with Crippen molar-refractivity contribution in [3.63, 3.8) is 0 Å². The summed E-state index contributed by atoms with van der Waals surface area (Å²) in [6.45, 7) is 3.56. The van der Waals surface area contributed by atoms with E-state index in [1.54, 1.807) is 12.1 Å². The number of carbonyl (C=O) groups is 1. The van der Waals surface area contributed by atoms with Gasteiger partial charge >= 0.3 is 5.97 Å². The van der Waals surface area contributed by atoms with E-state index in [2.05, 4.69) is 9.64 Å². The van der Waals surface area contributed by atoms with E-state index < -0.39 is 10.9 Å². The van der Waals surface area contributed by atoms with Crippen LogP contribution in [0.3, 0.4) is 0 Å². The van der Waals surface area contributed by atoms with Crippen LogP contribution < -0.4 is 4.90 Å². The number of rotatable bonds is 6. The molecule has 1 aromatic carbocycles. The summed E-state index contributed by atoms with van der Waals surface area (Å²) in [4.78, 5) is 26.2. The average Bonchev–Trinajstić information content (AvgIpc) is 2.60. The lowest BCUT2D eigenvalue weighted by Crippen LogP contribution is -2.47. The fraction of sp³-hybridized carbons (Fsp3) is 0.438. The first-order valence-electron chi connectivity index (χ1n) is 7.67. The molecule has 1 saturated heterocycles. The van der Waals surface area contributed by atoms with Crippen molar-refractivity contribution in [3.05, 3.63) is 40.0 Å². The molecule has 1 aromatic rings. The SMILES string of the molecule is COC(=O)/C=C/c1ccc(N2CCN(CCO)CC2)c([N+](=O)[O-])c1. The fourth-order valence-electron chi connectivity index (χ4n) is 2.64. The molecule has 0 amide bonds. The van der Waals surface area contributed by atoms with Gasteiger partial charge in [0.15, 0.2) is 0 Å². The molecule has 1 aliphatic rings. The molecule has 8 nitrogen and oxygen atoms in total.